The molecule has 3 amide bonds. The average Bonchev–Trinajstić information content (AvgIpc) is 3.47. The zero-order chi connectivity index (χ0) is 31.1. The summed E-state index contributed by atoms with van der Waals surface area (Å²) in [5.41, 5.74) is 7.13. The molecule has 43 heavy (non-hydrogen) atoms. The molecule has 0 aliphatic rings. The maximum Gasteiger partial charge on any atom is 0.294 e. The average molecular weight is 583 g/mol. The monoisotopic (exact) mass is 582 g/mol. The third-order valence-electron chi connectivity index (χ3n) is 6.94. The minimum absolute atomic E-state index is 0.102. The Hall–Kier alpha value is -4.83. The second-order valence-corrected chi connectivity index (χ2v) is 11.4. The van der Waals surface area contributed by atoms with Crippen molar-refractivity contribution < 1.29 is 18.9 Å². The molecular formula is C33H38N6O4. The number of likely N-dealkylation sites (N-methyl/N-ethyl adjacent to an activating group) is 1. The Morgan fingerprint density at radius 1 is 0.930 bits per heavy atom. The maximum atomic E-state index is 14.2. The Balaban J connectivity index is 1.68. The van der Waals surface area contributed by atoms with E-state index < -0.39 is 29.4 Å². The number of carbonyl (C=O) groups is 3. The van der Waals surface area contributed by atoms with Gasteiger partial charge in [0, 0.05) is 45.6 Å². The minimum atomic E-state index is -0.923. The lowest BCUT2D eigenvalue weighted by molar-refractivity contribution is -0.137. The van der Waals surface area contributed by atoms with Crippen LogP contribution in [0.2, 0.25) is 0 Å². The van der Waals surface area contributed by atoms with Crippen LogP contribution in [0.5, 0.6) is 0 Å². The van der Waals surface area contributed by atoms with Gasteiger partial charge in [-0.25, -0.2) is 0 Å². The molecule has 0 aliphatic carbocycles. The molecule has 2 unspecified atom stereocenters. The fraction of sp³-hybridized carbons (Fsp3) is 0.303. The van der Waals surface area contributed by atoms with Crippen molar-refractivity contribution in [2.45, 2.75) is 44.3 Å². The first-order valence-electron chi connectivity index (χ1n) is 14.0. The van der Waals surface area contributed by atoms with Gasteiger partial charge in [-0.05, 0) is 35.7 Å². The zero-order valence-electron chi connectivity index (χ0n) is 25.2. The number of nitrogens with zero attached hydrogens (tertiary/aromatic N) is 4. The van der Waals surface area contributed by atoms with Gasteiger partial charge in [-0.15, -0.1) is 0 Å². The van der Waals surface area contributed by atoms with E-state index >= 15 is 0 Å². The standard InChI is InChI=1S/C33H38N6O4/c1-33(2,34)18-17-28(40)35-26(20-23-15-16-24-13-9-10-14-25(24)19-23)31(41)39(5)27(21-22-11-7-6-8-12-22)30-36-29(37-43-30)32(42)38(3)4/h6-19,26-27H,20-21,34H2,1-5H3,(H,35,40)/b18-17+. The highest BCUT2D eigenvalue weighted by molar-refractivity contribution is 5.93. The van der Waals surface area contributed by atoms with E-state index in [1.54, 1.807) is 41.1 Å². The Kier molecular flexibility index (Phi) is 9.72. The van der Waals surface area contributed by atoms with Gasteiger partial charge in [0.25, 0.3) is 11.7 Å². The molecule has 10 nitrogen and oxygen atoms in total. The van der Waals surface area contributed by atoms with Crippen molar-refractivity contribution in [2.75, 3.05) is 21.1 Å². The normalized spacial score (nSPS) is 13.1. The first kappa shape index (κ1) is 31.1. The number of benzene rings is 3. The van der Waals surface area contributed by atoms with Gasteiger partial charge < -0.3 is 25.4 Å². The molecule has 10 heteroatoms. The molecule has 3 N–H and O–H groups in total. The number of amides is 3. The second kappa shape index (κ2) is 13.4. The quantitative estimate of drug-likeness (QED) is 0.258. The number of aromatic nitrogens is 2. The van der Waals surface area contributed by atoms with Crippen molar-refractivity contribution in [1.29, 1.82) is 0 Å². The number of carbonyl (C=O) groups excluding carboxylic acids is 3. The molecule has 4 rings (SSSR count). The van der Waals surface area contributed by atoms with Gasteiger partial charge in [0.2, 0.25) is 17.7 Å². The molecule has 0 spiro atoms. The van der Waals surface area contributed by atoms with Crippen molar-refractivity contribution in [1.82, 2.24) is 25.3 Å². The highest BCUT2D eigenvalue weighted by Gasteiger charge is 2.33. The Morgan fingerprint density at radius 3 is 2.28 bits per heavy atom. The van der Waals surface area contributed by atoms with E-state index in [4.69, 9.17) is 10.3 Å². The van der Waals surface area contributed by atoms with Gasteiger partial charge in [-0.2, -0.15) is 4.98 Å². The molecule has 0 radical (unpaired) electrons. The molecule has 224 valence electrons. The fourth-order valence-corrected chi connectivity index (χ4v) is 4.60. The number of fused-ring (bicyclic) bond motifs is 1. The van der Waals surface area contributed by atoms with Gasteiger partial charge >= 0.3 is 0 Å². The molecule has 0 saturated heterocycles. The van der Waals surface area contributed by atoms with Crippen LogP contribution in [-0.4, -0.2) is 70.4 Å². The van der Waals surface area contributed by atoms with Crippen LogP contribution in [0.15, 0.2) is 89.5 Å². The predicted molar refractivity (Wildman–Crippen MR) is 165 cm³/mol. The summed E-state index contributed by atoms with van der Waals surface area (Å²) in [7, 11) is 4.82. The Morgan fingerprint density at radius 2 is 1.60 bits per heavy atom. The summed E-state index contributed by atoms with van der Waals surface area (Å²) in [5.74, 6) is -1.21. The zero-order valence-corrected chi connectivity index (χ0v) is 25.2. The minimum Gasteiger partial charge on any atom is -0.342 e. The van der Waals surface area contributed by atoms with E-state index in [1.165, 1.54) is 15.9 Å². The number of rotatable bonds is 11. The van der Waals surface area contributed by atoms with Crippen LogP contribution >= 0.6 is 0 Å². The highest BCUT2D eigenvalue weighted by Crippen LogP contribution is 2.25. The molecule has 1 heterocycles. The molecule has 0 bridgehead atoms. The van der Waals surface area contributed by atoms with Crippen LogP contribution in [-0.2, 0) is 22.4 Å². The topological polar surface area (TPSA) is 135 Å². The van der Waals surface area contributed by atoms with Crippen LogP contribution in [0.4, 0.5) is 0 Å². The summed E-state index contributed by atoms with van der Waals surface area (Å²) in [4.78, 5) is 46.9. The van der Waals surface area contributed by atoms with Gasteiger partial charge in [0.15, 0.2) is 0 Å². The molecule has 1 aromatic heterocycles. The van der Waals surface area contributed by atoms with Crippen molar-refractivity contribution in [3.63, 3.8) is 0 Å². The number of nitrogens with one attached hydrogen (secondary N) is 1. The largest absolute Gasteiger partial charge is 0.342 e. The van der Waals surface area contributed by atoms with E-state index in [0.29, 0.717) is 6.42 Å². The van der Waals surface area contributed by atoms with Crippen LogP contribution in [0.25, 0.3) is 10.8 Å². The molecule has 0 aliphatic heterocycles. The van der Waals surface area contributed by atoms with E-state index in [-0.39, 0.29) is 24.0 Å². The lowest BCUT2D eigenvalue weighted by atomic mass is 9.99. The first-order valence-corrected chi connectivity index (χ1v) is 14.0. The van der Waals surface area contributed by atoms with Crippen LogP contribution in [0, 0.1) is 0 Å². The van der Waals surface area contributed by atoms with Crippen LogP contribution < -0.4 is 11.1 Å². The van der Waals surface area contributed by atoms with E-state index in [2.05, 4.69) is 15.5 Å². The van der Waals surface area contributed by atoms with E-state index in [9.17, 15) is 14.4 Å². The molecule has 4 aromatic rings. The number of nitrogens with two attached hydrogens (primary N) is 1. The molecule has 3 aromatic carbocycles. The van der Waals surface area contributed by atoms with Gasteiger partial charge in [-0.1, -0.05) is 84.0 Å². The summed E-state index contributed by atoms with van der Waals surface area (Å²) < 4.78 is 5.53. The summed E-state index contributed by atoms with van der Waals surface area (Å²) >= 11 is 0. The van der Waals surface area contributed by atoms with Crippen molar-refractivity contribution in [3.8, 4) is 0 Å². The smallest absolute Gasteiger partial charge is 0.294 e. The van der Waals surface area contributed by atoms with Gasteiger partial charge in [0.1, 0.15) is 12.1 Å². The second-order valence-electron chi connectivity index (χ2n) is 11.4. The van der Waals surface area contributed by atoms with Gasteiger partial charge in [0.05, 0.1) is 0 Å². The maximum absolute atomic E-state index is 14.2. The Bertz CT molecular complexity index is 1610. The summed E-state index contributed by atoms with van der Waals surface area (Å²) in [6, 6.07) is 21.8. The van der Waals surface area contributed by atoms with Crippen molar-refractivity contribution in [3.05, 3.63) is 108 Å². The van der Waals surface area contributed by atoms with E-state index in [1.807, 2.05) is 72.8 Å². The summed E-state index contributed by atoms with van der Waals surface area (Å²) in [5, 5.41) is 8.85. The third kappa shape index (κ3) is 8.36. The highest BCUT2D eigenvalue weighted by atomic mass is 16.5. The molecule has 2 atom stereocenters. The van der Waals surface area contributed by atoms with Crippen molar-refractivity contribution in [2.24, 2.45) is 5.73 Å². The number of hydrogen-bond acceptors (Lipinski definition) is 7. The predicted octanol–water partition coefficient (Wildman–Crippen LogP) is 3.69. The van der Waals surface area contributed by atoms with Crippen LogP contribution in [0.1, 0.15) is 47.5 Å². The van der Waals surface area contributed by atoms with E-state index in [0.717, 1.165) is 21.9 Å². The lowest BCUT2D eigenvalue weighted by Gasteiger charge is -2.30. The molecular weight excluding hydrogens is 544 g/mol. The fourth-order valence-electron chi connectivity index (χ4n) is 4.60. The van der Waals surface area contributed by atoms with Crippen LogP contribution in [0.3, 0.4) is 0 Å². The lowest BCUT2D eigenvalue weighted by Crippen LogP contribution is -2.49. The Labute approximate surface area is 251 Å². The first-order chi connectivity index (χ1) is 20.4. The SMILES string of the molecule is CN(C)C(=O)c1noc(C(Cc2ccccc2)N(C)C(=O)C(Cc2ccc3ccccc3c2)NC(=O)/C=C/C(C)(C)N)n1. The molecule has 0 fully saturated rings. The third-order valence-corrected chi connectivity index (χ3v) is 6.94. The summed E-state index contributed by atoms with van der Waals surface area (Å²) in [6.45, 7) is 3.55. The number of hydrogen-bond donors (Lipinski definition) is 2. The molecule has 0 saturated carbocycles. The summed E-state index contributed by atoms with van der Waals surface area (Å²) in [6.07, 6.45) is 3.52. The van der Waals surface area contributed by atoms with Gasteiger partial charge in [-0.3, -0.25) is 14.4 Å². The van der Waals surface area contributed by atoms with Crippen molar-refractivity contribution >= 4 is 28.5 Å².